The highest BCUT2D eigenvalue weighted by atomic mass is 16.1. The molecule has 1 rings (SSSR count). The first-order chi connectivity index (χ1) is 4.05. The van der Waals surface area contributed by atoms with Gasteiger partial charge in [0.05, 0.1) is 0 Å². The largest absolute Gasteiger partial charge is 0.303 e. The van der Waals surface area contributed by atoms with Crippen LogP contribution in [0.3, 0.4) is 0 Å². The third-order valence-electron chi connectivity index (χ3n) is 2.13. The quantitative estimate of drug-likeness (QED) is 0.490. The second-order valence-corrected chi connectivity index (χ2v) is 4.01. The van der Waals surface area contributed by atoms with E-state index in [1.165, 1.54) is 0 Å². The van der Waals surface area contributed by atoms with Crippen molar-refractivity contribution in [1.82, 2.24) is 0 Å². The van der Waals surface area contributed by atoms with Crippen molar-refractivity contribution >= 4 is 6.29 Å². The van der Waals surface area contributed by atoms with Crippen molar-refractivity contribution in [2.75, 3.05) is 0 Å². The van der Waals surface area contributed by atoms with Gasteiger partial charge in [-0.2, -0.15) is 0 Å². The molecular formula is C8H14O. The predicted octanol–water partition coefficient (Wildman–Crippen LogP) is 1.87. The Bertz CT molecular complexity index is 121. The minimum absolute atomic E-state index is 0.353. The Balaban J connectivity index is 2.42. The van der Waals surface area contributed by atoms with Crippen LogP contribution in [0.2, 0.25) is 0 Å². The van der Waals surface area contributed by atoms with E-state index in [0.29, 0.717) is 17.3 Å². The zero-order chi connectivity index (χ0) is 7.07. The molecule has 52 valence electrons. The van der Waals surface area contributed by atoms with E-state index in [2.05, 4.69) is 20.8 Å². The summed E-state index contributed by atoms with van der Waals surface area (Å²) in [6.45, 7) is 6.59. The van der Waals surface area contributed by atoms with E-state index in [-0.39, 0.29) is 0 Å². The second-order valence-electron chi connectivity index (χ2n) is 4.01. The maximum absolute atomic E-state index is 10.2. The highest BCUT2D eigenvalue weighted by molar-refractivity contribution is 5.58. The first kappa shape index (κ1) is 6.79. The van der Waals surface area contributed by atoms with E-state index < -0.39 is 0 Å². The van der Waals surface area contributed by atoms with Crippen LogP contribution >= 0.6 is 0 Å². The van der Waals surface area contributed by atoms with Crippen LogP contribution in [0.25, 0.3) is 0 Å². The van der Waals surface area contributed by atoms with Gasteiger partial charge in [0.15, 0.2) is 0 Å². The van der Waals surface area contributed by atoms with Crippen LogP contribution < -0.4 is 0 Å². The van der Waals surface area contributed by atoms with E-state index in [9.17, 15) is 4.79 Å². The molecular weight excluding hydrogens is 112 g/mol. The maximum Gasteiger partial charge on any atom is 0.123 e. The third-order valence-corrected chi connectivity index (χ3v) is 2.13. The first-order valence-electron chi connectivity index (χ1n) is 3.51. The number of aldehydes is 1. The molecule has 1 fully saturated rings. The van der Waals surface area contributed by atoms with Gasteiger partial charge in [-0.15, -0.1) is 0 Å². The van der Waals surface area contributed by atoms with Crippen molar-refractivity contribution in [3.8, 4) is 0 Å². The van der Waals surface area contributed by atoms with Gasteiger partial charge in [0, 0.05) is 5.92 Å². The standard InChI is InChI=1S/C8H14O/c1-8(2,3)7-4-6(7)5-9/h5-7H,4H2,1-3H3/t6-,7+/m0/s1. The summed E-state index contributed by atoms with van der Waals surface area (Å²) in [5.41, 5.74) is 0.353. The van der Waals surface area contributed by atoms with Gasteiger partial charge in [-0.05, 0) is 17.8 Å². The fraction of sp³-hybridized carbons (Fsp3) is 0.875. The van der Waals surface area contributed by atoms with E-state index in [4.69, 9.17) is 0 Å². The van der Waals surface area contributed by atoms with Gasteiger partial charge in [-0.3, -0.25) is 0 Å². The van der Waals surface area contributed by atoms with Crippen LogP contribution in [-0.4, -0.2) is 6.29 Å². The molecule has 0 N–H and O–H groups in total. The Morgan fingerprint density at radius 3 is 2.11 bits per heavy atom. The van der Waals surface area contributed by atoms with E-state index in [0.717, 1.165) is 12.7 Å². The first-order valence-corrected chi connectivity index (χ1v) is 3.51. The monoisotopic (exact) mass is 126 g/mol. The lowest BCUT2D eigenvalue weighted by Crippen LogP contribution is -2.09. The van der Waals surface area contributed by atoms with Crippen LogP contribution in [0.15, 0.2) is 0 Å². The molecule has 0 heterocycles. The minimum atomic E-state index is 0.353. The van der Waals surface area contributed by atoms with Gasteiger partial charge in [0.2, 0.25) is 0 Å². The lowest BCUT2D eigenvalue weighted by atomic mass is 9.89. The van der Waals surface area contributed by atoms with Crippen LogP contribution in [0, 0.1) is 17.3 Å². The van der Waals surface area contributed by atoms with Crippen molar-refractivity contribution in [3.05, 3.63) is 0 Å². The summed E-state index contributed by atoms with van der Waals surface area (Å²) in [5, 5.41) is 0. The summed E-state index contributed by atoms with van der Waals surface area (Å²) in [7, 11) is 0. The van der Waals surface area contributed by atoms with Gasteiger partial charge in [-0.1, -0.05) is 20.8 Å². The Kier molecular flexibility index (Phi) is 1.38. The summed E-state index contributed by atoms with van der Waals surface area (Å²) in [6.07, 6.45) is 2.21. The molecule has 0 radical (unpaired) electrons. The minimum Gasteiger partial charge on any atom is -0.303 e. The molecule has 0 unspecified atom stereocenters. The van der Waals surface area contributed by atoms with Crippen molar-refractivity contribution in [2.45, 2.75) is 27.2 Å². The molecule has 1 saturated carbocycles. The van der Waals surface area contributed by atoms with Crippen molar-refractivity contribution in [2.24, 2.45) is 17.3 Å². The molecule has 1 heteroatoms. The molecule has 1 aliphatic carbocycles. The summed E-state index contributed by atoms with van der Waals surface area (Å²) < 4.78 is 0. The number of hydrogen-bond donors (Lipinski definition) is 0. The molecule has 0 aromatic carbocycles. The predicted molar refractivity (Wildman–Crippen MR) is 37.1 cm³/mol. The van der Waals surface area contributed by atoms with Crippen molar-refractivity contribution in [3.63, 3.8) is 0 Å². The Labute approximate surface area is 56.4 Å². The molecule has 9 heavy (non-hydrogen) atoms. The Hall–Kier alpha value is -0.330. The van der Waals surface area contributed by atoms with Crippen LogP contribution in [-0.2, 0) is 4.79 Å². The Morgan fingerprint density at radius 2 is 2.00 bits per heavy atom. The van der Waals surface area contributed by atoms with Crippen LogP contribution in [0.1, 0.15) is 27.2 Å². The average Bonchev–Trinajstić information content (AvgIpc) is 2.39. The second kappa shape index (κ2) is 1.83. The van der Waals surface area contributed by atoms with Crippen LogP contribution in [0.4, 0.5) is 0 Å². The molecule has 0 aromatic heterocycles. The molecule has 2 atom stereocenters. The maximum atomic E-state index is 10.2. The topological polar surface area (TPSA) is 17.1 Å². The van der Waals surface area contributed by atoms with E-state index >= 15 is 0 Å². The zero-order valence-corrected chi connectivity index (χ0v) is 6.35. The average molecular weight is 126 g/mol. The summed E-state index contributed by atoms with van der Waals surface area (Å²) in [6, 6.07) is 0. The number of rotatable bonds is 1. The molecule has 0 bridgehead atoms. The molecule has 1 aliphatic rings. The molecule has 0 amide bonds. The highest BCUT2D eigenvalue weighted by Crippen LogP contribution is 2.49. The van der Waals surface area contributed by atoms with Crippen molar-refractivity contribution < 1.29 is 4.79 Å². The number of hydrogen-bond acceptors (Lipinski definition) is 1. The molecule has 0 aliphatic heterocycles. The Morgan fingerprint density at radius 1 is 1.44 bits per heavy atom. The lowest BCUT2D eigenvalue weighted by molar-refractivity contribution is -0.109. The smallest absolute Gasteiger partial charge is 0.123 e. The summed E-state index contributed by atoms with van der Waals surface area (Å²) >= 11 is 0. The third kappa shape index (κ3) is 1.32. The van der Waals surface area contributed by atoms with Gasteiger partial charge in [-0.25, -0.2) is 0 Å². The van der Waals surface area contributed by atoms with Gasteiger partial charge < -0.3 is 4.79 Å². The highest BCUT2D eigenvalue weighted by Gasteiger charge is 2.44. The zero-order valence-electron chi connectivity index (χ0n) is 6.35. The van der Waals surface area contributed by atoms with Gasteiger partial charge >= 0.3 is 0 Å². The molecule has 0 saturated heterocycles. The fourth-order valence-corrected chi connectivity index (χ4v) is 1.36. The van der Waals surface area contributed by atoms with Gasteiger partial charge in [0.1, 0.15) is 6.29 Å². The number of carbonyl (C=O) groups excluding carboxylic acids is 1. The molecule has 0 spiro atoms. The van der Waals surface area contributed by atoms with E-state index in [1.54, 1.807) is 0 Å². The van der Waals surface area contributed by atoms with Crippen molar-refractivity contribution in [1.29, 1.82) is 0 Å². The van der Waals surface area contributed by atoms with Gasteiger partial charge in [0.25, 0.3) is 0 Å². The fourth-order valence-electron chi connectivity index (χ4n) is 1.36. The normalized spacial score (nSPS) is 34.1. The summed E-state index contributed by atoms with van der Waals surface area (Å²) in [4.78, 5) is 10.2. The molecule has 0 aromatic rings. The molecule has 1 nitrogen and oxygen atoms in total. The van der Waals surface area contributed by atoms with Crippen LogP contribution in [0.5, 0.6) is 0 Å². The lowest BCUT2D eigenvalue weighted by Gasteiger charge is -2.16. The number of carbonyl (C=O) groups is 1. The SMILES string of the molecule is CC(C)(C)[C@@H]1C[C@H]1C=O. The van der Waals surface area contributed by atoms with E-state index in [1.807, 2.05) is 0 Å². The summed E-state index contributed by atoms with van der Waals surface area (Å²) in [5.74, 6) is 1.04.